The number of allylic oxidation sites excluding steroid dienone is 5. The van der Waals surface area contributed by atoms with E-state index in [2.05, 4.69) is 43.5 Å². The van der Waals surface area contributed by atoms with Gasteiger partial charge >= 0.3 is 0 Å². The summed E-state index contributed by atoms with van der Waals surface area (Å²) in [6, 6.07) is -0.971. The zero-order valence-corrected chi connectivity index (χ0v) is 65.8. The molecule has 0 aromatic carbocycles. The normalized spacial score (nSPS) is 26.0. The zero-order valence-electron chi connectivity index (χ0n) is 65.8. The van der Waals surface area contributed by atoms with Crippen LogP contribution in [0.25, 0.3) is 0 Å². The average molecular weight is 1480 g/mol. The van der Waals surface area contributed by atoms with Crippen LogP contribution in [0.15, 0.2) is 36.5 Å². The molecule has 0 aliphatic carbocycles. The molecule has 17 atom stereocenters. The van der Waals surface area contributed by atoms with Gasteiger partial charge in [-0.1, -0.05) is 346 Å². The fraction of sp³-hybridized carbons (Fsp3) is 0.918. The van der Waals surface area contributed by atoms with Crippen LogP contribution in [0.1, 0.15) is 367 Å². The van der Waals surface area contributed by atoms with E-state index in [0.717, 1.165) is 51.4 Å². The van der Waals surface area contributed by atoms with Gasteiger partial charge in [-0.25, -0.2) is 0 Å². The number of aliphatic hydroxyl groups excluding tert-OH is 11. The van der Waals surface area contributed by atoms with Gasteiger partial charge in [-0.3, -0.25) is 4.79 Å². The third-order valence-electron chi connectivity index (χ3n) is 21.7. The number of nitrogens with one attached hydrogen (secondary N) is 1. The molecular weight excluding hydrogens is 1320 g/mol. The third kappa shape index (κ3) is 44.8. The molecule has 3 heterocycles. The molecule has 0 spiro atoms. The van der Waals surface area contributed by atoms with Crippen molar-refractivity contribution in [1.82, 2.24) is 5.32 Å². The molecule has 0 aromatic heterocycles. The molecule has 19 nitrogen and oxygen atoms in total. The Labute approximate surface area is 631 Å². The minimum Gasteiger partial charge on any atom is -0.394 e. The highest BCUT2D eigenvalue weighted by molar-refractivity contribution is 5.76. The molecule has 1 amide bonds. The van der Waals surface area contributed by atoms with Gasteiger partial charge in [0.25, 0.3) is 0 Å². The van der Waals surface area contributed by atoms with Crippen molar-refractivity contribution in [1.29, 1.82) is 0 Å². The second kappa shape index (κ2) is 65.7. The van der Waals surface area contributed by atoms with Crippen LogP contribution < -0.4 is 5.32 Å². The van der Waals surface area contributed by atoms with Crippen molar-refractivity contribution < 1.29 is 89.4 Å². The Kier molecular flexibility index (Phi) is 60.8. The lowest BCUT2D eigenvalue weighted by atomic mass is 9.96. The Bertz CT molecular complexity index is 2020. The standard InChI is InChI=1S/C85H159NO18/c1-3-5-7-9-11-13-15-17-19-21-23-24-25-26-27-28-29-30-31-32-33-34-35-36-37-38-39-40-41-42-43-44-45-47-49-51-53-55-57-59-61-63-73(91)86-68(69(90)62-60-58-56-54-52-50-48-46-22-20-18-16-14-12-10-8-6-4-2)67-99-83-79(97)76(94)81(71(65-88)101-83)104-85-80(98)77(95)82(72(66-89)102-85)103-84-78(96)75(93)74(92)70(64-87)100-84/h15,17,21,23,60,62,68-72,74-85,87-90,92-98H,3-14,16,18-20,22,24-59,61,63-67H2,1-2H3,(H,86,91)/b17-15-,23-21-,62-60+. The van der Waals surface area contributed by atoms with Crippen molar-refractivity contribution in [2.45, 2.75) is 471 Å². The van der Waals surface area contributed by atoms with Crippen LogP contribution in [0.4, 0.5) is 0 Å². The first-order valence-electron chi connectivity index (χ1n) is 43.2. The Morgan fingerprint density at radius 2 is 0.635 bits per heavy atom. The van der Waals surface area contributed by atoms with Crippen molar-refractivity contribution in [3.8, 4) is 0 Å². The molecule has 0 bridgehead atoms. The minimum atomic E-state index is -1.98. The van der Waals surface area contributed by atoms with E-state index in [4.69, 9.17) is 28.4 Å². The molecule has 3 fully saturated rings. The van der Waals surface area contributed by atoms with Crippen LogP contribution in [0.5, 0.6) is 0 Å². The Morgan fingerprint density at radius 3 is 0.981 bits per heavy atom. The summed E-state index contributed by atoms with van der Waals surface area (Å²) in [6.07, 6.45) is 55.9. The molecule has 19 heteroatoms. The van der Waals surface area contributed by atoms with Crippen molar-refractivity contribution in [2.24, 2.45) is 0 Å². The molecule has 12 N–H and O–H groups in total. The Balaban J connectivity index is 1.28. The van der Waals surface area contributed by atoms with E-state index in [9.17, 15) is 61.0 Å². The summed E-state index contributed by atoms with van der Waals surface area (Å²) in [4.78, 5) is 13.5. The molecule has 104 heavy (non-hydrogen) atoms. The summed E-state index contributed by atoms with van der Waals surface area (Å²) < 4.78 is 34.5. The molecule has 3 rings (SSSR count). The number of carbonyl (C=O) groups is 1. The lowest BCUT2D eigenvalue weighted by Crippen LogP contribution is -2.66. The number of hydrogen-bond acceptors (Lipinski definition) is 18. The fourth-order valence-electron chi connectivity index (χ4n) is 14.8. The lowest BCUT2D eigenvalue weighted by Gasteiger charge is -2.48. The van der Waals surface area contributed by atoms with Crippen molar-refractivity contribution in [3.63, 3.8) is 0 Å². The van der Waals surface area contributed by atoms with Gasteiger partial charge in [0.15, 0.2) is 18.9 Å². The van der Waals surface area contributed by atoms with Crippen molar-refractivity contribution in [2.75, 3.05) is 26.4 Å². The number of hydrogen-bond donors (Lipinski definition) is 12. The van der Waals surface area contributed by atoms with Gasteiger partial charge in [0.05, 0.1) is 38.6 Å². The van der Waals surface area contributed by atoms with Crippen LogP contribution in [0.2, 0.25) is 0 Å². The Hall–Kier alpha value is -1.99. The van der Waals surface area contributed by atoms with Gasteiger partial charge in [-0.15, -0.1) is 0 Å². The van der Waals surface area contributed by atoms with Crippen LogP contribution in [0, 0.1) is 0 Å². The lowest BCUT2D eigenvalue weighted by molar-refractivity contribution is -0.379. The summed E-state index contributed by atoms with van der Waals surface area (Å²) >= 11 is 0. The van der Waals surface area contributed by atoms with Crippen LogP contribution in [-0.4, -0.2) is 193 Å². The topological polar surface area (TPSA) is 307 Å². The molecule has 612 valence electrons. The smallest absolute Gasteiger partial charge is 0.220 e. The van der Waals surface area contributed by atoms with Gasteiger partial charge in [0.2, 0.25) is 5.91 Å². The predicted octanol–water partition coefficient (Wildman–Crippen LogP) is 15.5. The quantitative estimate of drug-likeness (QED) is 0.0199. The molecule has 0 saturated carbocycles. The highest BCUT2D eigenvalue weighted by Gasteiger charge is 2.54. The van der Waals surface area contributed by atoms with E-state index in [1.54, 1.807) is 6.08 Å². The highest BCUT2D eigenvalue weighted by atomic mass is 16.8. The van der Waals surface area contributed by atoms with Gasteiger partial charge in [0, 0.05) is 6.42 Å². The molecule has 0 aromatic rings. The first kappa shape index (κ1) is 96.2. The van der Waals surface area contributed by atoms with Crippen LogP contribution in [0.3, 0.4) is 0 Å². The first-order chi connectivity index (χ1) is 50.8. The van der Waals surface area contributed by atoms with E-state index in [1.807, 2.05) is 6.08 Å². The average Bonchev–Trinajstić information content (AvgIpc) is 0.783. The second-order valence-electron chi connectivity index (χ2n) is 31.0. The maximum atomic E-state index is 13.5. The maximum absolute atomic E-state index is 13.5. The molecule has 0 radical (unpaired) electrons. The van der Waals surface area contributed by atoms with Crippen LogP contribution in [-0.2, 0) is 33.2 Å². The highest BCUT2D eigenvalue weighted by Crippen LogP contribution is 2.33. The summed E-state index contributed by atoms with van der Waals surface area (Å²) in [5, 5.41) is 121. The minimum absolute atomic E-state index is 0.249. The van der Waals surface area contributed by atoms with E-state index in [0.29, 0.717) is 6.42 Å². The first-order valence-corrected chi connectivity index (χ1v) is 43.2. The molecule has 3 saturated heterocycles. The molecular formula is C85H159NO18. The van der Waals surface area contributed by atoms with E-state index in [1.165, 1.54) is 289 Å². The largest absolute Gasteiger partial charge is 0.394 e. The summed E-state index contributed by atoms with van der Waals surface area (Å²) in [5.41, 5.74) is 0. The van der Waals surface area contributed by atoms with Crippen LogP contribution >= 0.6 is 0 Å². The van der Waals surface area contributed by atoms with Gasteiger partial charge < -0.3 is 89.9 Å². The van der Waals surface area contributed by atoms with Crippen molar-refractivity contribution in [3.05, 3.63) is 36.5 Å². The number of unbranched alkanes of at least 4 members (excludes halogenated alkanes) is 50. The summed E-state index contributed by atoms with van der Waals surface area (Å²) in [6.45, 7) is 1.77. The number of aliphatic hydroxyl groups is 11. The molecule has 3 aliphatic heterocycles. The number of carbonyl (C=O) groups excluding carboxylic acids is 1. The number of ether oxygens (including phenoxy) is 6. The third-order valence-corrected chi connectivity index (χ3v) is 21.7. The van der Waals surface area contributed by atoms with Gasteiger partial charge in [0.1, 0.15) is 73.2 Å². The fourth-order valence-corrected chi connectivity index (χ4v) is 14.8. The van der Waals surface area contributed by atoms with Gasteiger partial charge in [-0.2, -0.15) is 0 Å². The van der Waals surface area contributed by atoms with E-state index >= 15 is 0 Å². The van der Waals surface area contributed by atoms with E-state index in [-0.39, 0.29) is 18.9 Å². The molecule has 3 aliphatic rings. The number of rotatable bonds is 70. The molecule has 17 unspecified atom stereocenters. The monoisotopic (exact) mass is 1480 g/mol. The SMILES string of the molecule is CCCCCCC/C=C\C/C=C\CCCCCCCCCCCCCCCCCCCCCCCCCCCCCCCC(=O)NC(COC1OC(CO)C(OC2OC(CO)C(OC3OC(CO)C(O)C(O)C3O)C(O)C2O)C(O)C1O)C(O)/C=C/CCCCCCCCCCCCCCCCCC. The summed E-state index contributed by atoms with van der Waals surface area (Å²) in [7, 11) is 0. The predicted molar refractivity (Wildman–Crippen MR) is 416 cm³/mol. The number of amides is 1. The summed E-state index contributed by atoms with van der Waals surface area (Å²) in [5.74, 6) is -0.268. The second-order valence-corrected chi connectivity index (χ2v) is 31.0. The van der Waals surface area contributed by atoms with Crippen molar-refractivity contribution >= 4 is 5.91 Å². The maximum Gasteiger partial charge on any atom is 0.220 e. The Morgan fingerprint density at radius 1 is 0.346 bits per heavy atom. The van der Waals surface area contributed by atoms with Gasteiger partial charge in [-0.05, 0) is 51.4 Å². The van der Waals surface area contributed by atoms with E-state index < -0.39 is 124 Å². The zero-order chi connectivity index (χ0) is 75.3.